The molecule has 1 aliphatic rings. The Morgan fingerprint density at radius 3 is 2.83 bits per heavy atom. The largest absolute Gasteiger partial charge is 0.487 e. The van der Waals surface area contributed by atoms with Crippen molar-refractivity contribution in [2.75, 3.05) is 6.61 Å². The van der Waals surface area contributed by atoms with Gasteiger partial charge in [-0.2, -0.15) is 0 Å². The van der Waals surface area contributed by atoms with Gasteiger partial charge in [0.15, 0.2) is 0 Å². The summed E-state index contributed by atoms with van der Waals surface area (Å²) in [6.07, 6.45) is 1.57. The van der Waals surface area contributed by atoms with Crippen LogP contribution in [-0.2, 0) is 4.74 Å². The summed E-state index contributed by atoms with van der Waals surface area (Å²) in [4.78, 5) is 0. The predicted molar refractivity (Wildman–Crippen MR) is 68.2 cm³/mol. The van der Waals surface area contributed by atoms with E-state index in [1.165, 1.54) is 6.07 Å². The molecule has 0 amide bonds. The monoisotopic (exact) mass is 253 g/mol. The summed E-state index contributed by atoms with van der Waals surface area (Å²) >= 11 is 0. The van der Waals surface area contributed by atoms with Crippen molar-refractivity contribution in [2.45, 2.75) is 44.9 Å². The minimum absolute atomic E-state index is 0.0249. The van der Waals surface area contributed by atoms with Gasteiger partial charge in [0, 0.05) is 25.1 Å². The molecular formula is C14H20FNO2. The molecule has 2 rings (SSSR count). The molecule has 1 saturated carbocycles. The van der Waals surface area contributed by atoms with Crippen molar-refractivity contribution in [1.29, 1.82) is 0 Å². The SMILES string of the molecule is CCCOC1C(N)CC1Oc1ccc(C)c(F)c1. The number of halogens is 1. The molecule has 4 heteroatoms. The van der Waals surface area contributed by atoms with Crippen molar-refractivity contribution < 1.29 is 13.9 Å². The summed E-state index contributed by atoms with van der Waals surface area (Å²) in [5.41, 5.74) is 6.50. The van der Waals surface area contributed by atoms with Crippen LogP contribution in [0.3, 0.4) is 0 Å². The number of nitrogens with two attached hydrogens (primary N) is 1. The van der Waals surface area contributed by atoms with Gasteiger partial charge in [0.05, 0.1) is 0 Å². The van der Waals surface area contributed by atoms with E-state index >= 15 is 0 Å². The molecule has 3 atom stereocenters. The Labute approximate surface area is 107 Å². The van der Waals surface area contributed by atoms with Gasteiger partial charge in [0.1, 0.15) is 23.8 Å². The summed E-state index contributed by atoms with van der Waals surface area (Å²) < 4.78 is 24.7. The maximum atomic E-state index is 13.4. The molecule has 3 nitrogen and oxygen atoms in total. The Morgan fingerprint density at radius 2 is 2.22 bits per heavy atom. The molecule has 0 radical (unpaired) electrons. The maximum absolute atomic E-state index is 13.4. The highest BCUT2D eigenvalue weighted by atomic mass is 19.1. The molecular weight excluding hydrogens is 233 g/mol. The van der Waals surface area contributed by atoms with Crippen molar-refractivity contribution in [3.63, 3.8) is 0 Å². The highest BCUT2D eigenvalue weighted by Crippen LogP contribution is 2.28. The number of benzene rings is 1. The Bertz CT molecular complexity index is 411. The fourth-order valence-electron chi connectivity index (χ4n) is 2.04. The van der Waals surface area contributed by atoms with E-state index in [0.717, 1.165) is 12.8 Å². The first-order chi connectivity index (χ1) is 8.61. The van der Waals surface area contributed by atoms with Crippen LogP contribution in [0.1, 0.15) is 25.3 Å². The lowest BCUT2D eigenvalue weighted by Gasteiger charge is -2.41. The second-order valence-corrected chi connectivity index (χ2v) is 4.80. The van der Waals surface area contributed by atoms with Gasteiger partial charge >= 0.3 is 0 Å². The smallest absolute Gasteiger partial charge is 0.129 e. The number of hydrogen-bond donors (Lipinski definition) is 1. The van der Waals surface area contributed by atoms with Gasteiger partial charge in [-0.25, -0.2) is 4.39 Å². The van der Waals surface area contributed by atoms with Crippen LogP contribution in [0, 0.1) is 12.7 Å². The molecule has 0 spiro atoms. The molecule has 2 N–H and O–H groups in total. The maximum Gasteiger partial charge on any atom is 0.129 e. The van der Waals surface area contributed by atoms with Crippen LogP contribution in [0.25, 0.3) is 0 Å². The molecule has 0 aliphatic heterocycles. The predicted octanol–water partition coefficient (Wildman–Crippen LogP) is 2.41. The topological polar surface area (TPSA) is 44.5 Å². The van der Waals surface area contributed by atoms with Gasteiger partial charge in [-0.1, -0.05) is 13.0 Å². The van der Waals surface area contributed by atoms with Crippen LogP contribution in [0.5, 0.6) is 5.75 Å². The molecule has 3 unspecified atom stereocenters. The average Bonchev–Trinajstić information content (AvgIpc) is 2.33. The van der Waals surface area contributed by atoms with Crippen molar-refractivity contribution in [3.8, 4) is 5.75 Å². The molecule has 0 heterocycles. The summed E-state index contributed by atoms with van der Waals surface area (Å²) in [5.74, 6) is 0.294. The Morgan fingerprint density at radius 1 is 1.44 bits per heavy atom. The van der Waals surface area contributed by atoms with Crippen LogP contribution < -0.4 is 10.5 Å². The van der Waals surface area contributed by atoms with Gasteiger partial charge in [-0.3, -0.25) is 0 Å². The molecule has 1 fully saturated rings. The minimum Gasteiger partial charge on any atom is -0.487 e. The molecule has 0 bridgehead atoms. The van der Waals surface area contributed by atoms with E-state index < -0.39 is 0 Å². The Balaban J connectivity index is 1.94. The lowest BCUT2D eigenvalue weighted by molar-refractivity contribution is -0.0980. The summed E-state index contributed by atoms with van der Waals surface area (Å²) in [7, 11) is 0. The van der Waals surface area contributed by atoms with E-state index in [-0.39, 0.29) is 24.1 Å². The van der Waals surface area contributed by atoms with Crippen molar-refractivity contribution in [1.82, 2.24) is 0 Å². The quantitative estimate of drug-likeness (QED) is 0.876. The third-order valence-electron chi connectivity index (χ3n) is 3.24. The Hall–Kier alpha value is -1.13. The molecule has 1 aromatic rings. The molecule has 1 aliphatic carbocycles. The van der Waals surface area contributed by atoms with Gasteiger partial charge < -0.3 is 15.2 Å². The fourth-order valence-corrected chi connectivity index (χ4v) is 2.04. The van der Waals surface area contributed by atoms with E-state index in [4.69, 9.17) is 15.2 Å². The highest BCUT2D eigenvalue weighted by molar-refractivity contribution is 5.28. The average molecular weight is 253 g/mol. The van der Waals surface area contributed by atoms with Crippen LogP contribution in [0.15, 0.2) is 18.2 Å². The van der Waals surface area contributed by atoms with Gasteiger partial charge in [0.2, 0.25) is 0 Å². The van der Waals surface area contributed by atoms with E-state index in [1.807, 2.05) is 0 Å². The molecule has 0 aromatic heterocycles. The molecule has 0 saturated heterocycles. The fraction of sp³-hybridized carbons (Fsp3) is 0.571. The zero-order valence-corrected chi connectivity index (χ0v) is 10.9. The number of aryl methyl sites for hydroxylation is 1. The third-order valence-corrected chi connectivity index (χ3v) is 3.24. The van der Waals surface area contributed by atoms with Crippen LogP contribution in [0.4, 0.5) is 4.39 Å². The van der Waals surface area contributed by atoms with Crippen LogP contribution >= 0.6 is 0 Å². The van der Waals surface area contributed by atoms with Gasteiger partial charge in [-0.05, 0) is 25.0 Å². The number of rotatable bonds is 5. The lowest BCUT2D eigenvalue weighted by atomic mass is 9.86. The van der Waals surface area contributed by atoms with Crippen molar-refractivity contribution in [2.24, 2.45) is 5.73 Å². The third kappa shape index (κ3) is 2.82. The standard InChI is InChI=1S/C14H20FNO2/c1-3-6-17-14-12(16)8-13(14)18-10-5-4-9(2)11(15)7-10/h4-5,7,12-14H,3,6,8,16H2,1-2H3. The number of hydrogen-bond acceptors (Lipinski definition) is 3. The molecule has 1 aromatic carbocycles. The van der Waals surface area contributed by atoms with E-state index in [1.54, 1.807) is 19.1 Å². The van der Waals surface area contributed by atoms with Crippen molar-refractivity contribution in [3.05, 3.63) is 29.6 Å². The van der Waals surface area contributed by atoms with Gasteiger partial charge in [0.25, 0.3) is 0 Å². The van der Waals surface area contributed by atoms with E-state index in [0.29, 0.717) is 17.9 Å². The van der Waals surface area contributed by atoms with Gasteiger partial charge in [-0.15, -0.1) is 0 Å². The molecule has 18 heavy (non-hydrogen) atoms. The summed E-state index contributed by atoms with van der Waals surface area (Å²) in [5, 5.41) is 0. The first-order valence-corrected chi connectivity index (χ1v) is 6.41. The first kappa shape index (κ1) is 13.3. The van der Waals surface area contributed by atoms with E-state index in [9.17, 15) is 4.39 Å². The van der Waals surface area contributed by atoms with Crippen molar-refractivity contribution >= 4 is 0 Å². The first-order valence-electron chi connectivity index (χ1n) is 6.41. The van der Waals surface area contributed by atoms with E-state index in [2.05, 4.69) is 6.92 Å². The van der Waals surface area contributed by atoms with Crippen LogP contribution in [-0.4, -0.2) is 24.9 Å². The normalized spacial score (nSPS) is 26.8. The minimum atomic E-state index is -0.248. The molecule has 100 valence electrons. The number of ether oxygens (including phenoxy) is 2. The van der Waals surface area contributed by atoms with Crippen LogP contribution in [0.2, 0.25) is 0 Å². The second-order valence-electron chi connectivity index (χ2n) is 4.80. The lowest BCUT2D eigenvalue weighted by Crippen LogP contribution is -2.59. The zero-order chi connectivity index (χ0) is 13.1. The Kier molecular flexibility index (Phi) is 4.19. The zero-order valence-electron chi connectivity index (χ0n) is 10.9. The highest BCUT2D eigenvalue weighted by Gasteiger charge is 2.41. The second kappa shape index (κ2) is 5.67. The summed E-state index contributed by atoms with van der Waals surface area (Å²) in [6, 6.07) is 4.93. The summed E-state index contributed by atoms with van der Waals surface area (Å²) in [6.45, 7) is 4.46.